The van der Waals surface area contributed by atoms with E-state index < -0.39 is 0 Å². The highest BCUT2D eigenvalue weighted by molar-refractivity contribution is 5.01. The lowest BCUT2D eigenvalue weighted by Gasteiger charge is -2.52. The number of piperazine rings is 1. The first kappa shape index (κ1) is 15.5. The van der Waals surface area contributed by atoms with Crippen LogP contribution in [0.25, 0.3) is 0 Å². The lowest BCUT2D eigenvalue weighted by molar-refractivity contribution is 0.00747. The van der Waals surface area contributed by atoms with Gasteiger partial charge in [0.25, 0.3) is 0 Å². The third kappa shape index (κ3) is 3.41. The number of imidazole rings is 1. The first-order valence-electron chi connectivity index (χ1n) is 7.97. The number of hydrogen-bond donors (Lipinski definition) is 1. The summed E-state index contributed by atoms with van der Waals surface area (Å²) < 4.78 is 2.17. The highest BCUT2D eigenvalue weighted by Crippen LogP contribution is 2.30. The molecule has 1 aliphatic heterocycles. The van der Waals surface area contributed by atoms with E-state index in [1.165, 1.54) is 25.8 Å². The second kappa shape index (κ2) is 6.27. The fourth-order valence-corrected chi connectivity index (χ4v) is 3.34. The van der Waals surface area contributed by atoms with Crippen LogP contribution in [0.3, 0.4) is 0 Å². The van der Waals surface area contributed by atoms with Gasteiger partial charge in [-0.2, -0.15) is 0 Å². The third-order valence-corrected chi connectivity index (χ3v) is 4.87. The number of aromatic nitrogens is 2. The highest BCUT2D eigenvalue weighted by Gasteiger charge is 2.41. The van der Waals surface area contributed by atoms with Crippen LogP contribution in [0, 0.1) is 0 Å². The molecular formula is C16H30N4. The molecule has 0 amide bonds. The summed E-state index contributed by atoms with van der Waals surface area (Å²) in [7, 11) is 0. The van der Waals surface area contributed by atoms with Crippen LogP contribution in [0.2, 0.25) is 0 Å². The van der Waals surface area contributed by atoms with E-state index in [1.54, 1.807) is 0 Å². The topological polar surface area (TPSA) is 33.1 Å². The average Bonchev–Trinajstić information content (AvgIpc) is 2.92. The van der Waals surface area contributed by atoms with Crippen molar-refractivity contribution in [2.75, 3.05) is 19.6 Å². The zero-order chi connectivity index (χ0) is 14.6. The molecule has 1 aliphatic rings. The van der Waals surface area contributed by atoms with Gasteiger partial charge in [-0.05, 0) is 33.1 Å². The van der Waals surface area contributed by atoms with Gasteiger partial charge >= 0.3 is 0 Å². The summed E-state index contributed by atoms with van der Waals surface area (Å²) in [6.45, 7) is 13.8. The molecule has 1 aromatic heterocycles. The Morgan fingerprint density at radius 2 is 1.95 bits per heavy atom. The van der Waals surface area contributed by atoms with Crippen LogP contribution in [0.5, 0.6) is 0 Å². The van der Waals surface area contributed by atoms with Gasteiger partial charge in [-0.1, -0.05) is 13.8 Å². The molecule has 1 aromatic rings. The molecule has 114 valence electrons. The van der Waals surface area contributed by atoms with Gasteiger partial charge < -0.3 is 9.88 Å². The molecule has 0 saturated carbocycles. The molecule has 1 N–H and O–H groups in total. The summed E-state index contributed by atoms with van der Waals surface area (Å²) >= 11 is 0. The average molecular weight is 278 g/mol. The quantitative estimate of drug-likeness (QED) is 0.868. The van der Waals surface area contributed by atoms with Crippen molar-refractivity contribution in [2.45, 2.75) is 64.6 Å². The zero-order valence-electron chi connectivity index (χ0n) is 13.5. The molecule has 0 spiro atoms. The molecule has 2 rings (SSSR count). The Bertz CT molecular complexity index is 393. The molecule has 4 heteroatoms. The molecule has 1 fully saturated rings. The van der Waals surface area contributed by atoms with Gasteiger partial charge in [0.2, 0.25) is 0 Å². The molecule has 4 nitrogen and oxygen atoms in total. The minimum atomic E-state index is 0.225. The summed E-state index contributed by atoms with van der Waals surface area (Å²) in [4.78, 5) is 6.83. The van der Waals surface area contributed by atoms with Crippen LogP contribution in [-0.2, 0) is 6.54 Å². The zero-order valence-corrected chi connectivity index (χ0v) is 13.5. The molecule has 0 atom stereocenters. The second-order valence-corrected chi connectivity index (χ2v) is 6.74. The first-order valence-corrected chi connectivity index (χ1v) is 7.97. The van der Waals surface area contributed by atoms with Crippen molar-refractivity contribution in [1.82, 2.24) is 19.8 Å². The fraction of sp³-hybridized carbons (Fsp3) is 0.812. The number of rotatable bonds is 6. The predicted molar refractivity (Wildman–Crippen MR) is 83.8 cm³/mol. The van der Waals surface area contributed by atoms with Crippen molar-refractivity contribution in [3.63, 3.8) is 0 Å². The van der Waals surface area contributed by atoms with Gasteiger partial charge in [-0.3, -0.25) is 4.90 Å². The minimum absolute atomic E-state index is 0.225. The summed E-state index contributed by atoms with van der Waals surface area (Å²) in [5.41, 5.74) is 0.563. The maximum atomic E-state index is 4.11. The molecule has 2 heterocycles. The van der Waals surface area contributed by atoms with Crippen molar-refractivity contribution in [3.8, 4) is 0 Å². The van der Waals surface area contributed by atoms with Gasteiger partial charge in [0, 0.05) is 49.7 Å². The maximum Gasteiger partial charge on any atom is 0.0945 e. The van der Waals surface area contributed by atoms with Gasteiger partial charge in [-0.25, -0.2) is 4.98 Å². The molecule has 0 radical (unpaired) electrons. The van der Waals surface area contributed by atoms with Crippen LogP contribution in [0.1, 0.15) is 47.0 Å². The van der Waals surface area contributed by atoms with Crippen LogP contribution >= 0.6 is 0 Å². The van der Waals surface area contributed by atoms with Gasteiger partial charge in [-0.15, -0.1) is 0 Å². The largest absolute Gasteiger partial charge is 0.337 e. The van der Waals surface area contributed by atoms with E-state index in [-0.39, 0.29) is 5.54 Å². The number of nitrogens with zero attached hydrogens (tertiary/aromatic N) is 3. The van der Waals surface area contributed by atoms with Crippen molar-refractivity contribution in [3.05, 3.63) is 18.7 Å². The van der Waals surface area contributed by atoms with Crippen LogP contribution < -0.4 is 5.32 Å². The second-order valence-electron chi connectivity index (χ2n) is 6.74. The number of aryl methyl sites for hydroxylation is 1. The normalized spacial score (nSPS) is 22.0. The van der Waals surface area contributed by atoms with Gasteiger partial charge in [0.15, 0.2) is 0 Å². The minimum Gasteiger partial charge on any atom is -0.337 e. The van der Waals surface area contributed by atoms with Crippen molar-refractivity contribution in [1.29, 1.82) is 0 Å². The van der Waals surface area contributed by atoms with E-state index in [9.17, 15) is 0 Å². The molecule has 1 saturated heterocycles. The van der Waals surface area contributed by atoms with E-state index in [4.69, 9.17) is 0 Å². The Hall–Kier alpha value is -0.870. The van der Waals surface area contributed by atoms with E-state index in [0.29, 0.717) is 5.54 Å². The molecule has 0 aliphatic carbocycles. The summed E-state index contributed by atoms with van der Waals surface area (Å²) in [5, 5.41) is 3.73. The Morgan fingerprint density at radius 3 is 2.55 bits per heavy atom. The number of hydrogen-bond acceptors (Lipinski definition) is 3. The SMILES string of the molecule is CCC1(CC)CNC(C)(C)CN1CCCn1ccnc1. The summed E-state index contributed by atoms with van der Waals surface area (Å²) in [6, 6.07) is 0. The van der Waals surface area contributed by atoms with E-state index in [2.05, 4.69) is 53.7 Å². The van der Waals surface area contributed by atoms with Crippen LogP contribution in [0.15, 0.2) is 18.7 Å². The van der Waals surface area contributed by atoms with Gasteiger partial charge in [0.1, 0.15) is 0 Å². The molecule has 0 bridgehead atoms. The standard InChI is InChI=1S/C16H30N4/c1-5-16(6-2)12-18-15(3,4)13-20(16)10-7-9-19-11-8-17-14-19/h8,11,14,18H,5-7,9-10,12-13H2,1-4H3. The fourth-order valence-electron chi connectivity index (χ4n) is 3.34. The monoisotopic (exact) mass is 278 g/mol. The van der Waals surface area contributed by atoms with Crippen LogP contribution in [0.4, 0.5) is 0 Å². The Morgan fingerprint density at radius 1 is 1.20 bits per heavy atom. The smallest absolute Gasteiger partial charge is 0.0945 e. The maximum absolute atomic E-state index is 4.11. The molecule has 0 aromatic carbocycles. The predicted octanol–water partition coefficient (Wildman–Crippen LogP) is 2.52. The Labute approximate surface area is 123 Å². The molecular weight excluding hydrogens is 248 g/mol. The molecule has 20 heavy (non-hydrogen) atoms. The summed E-state index contributed by atoms with van der Waals surface area (Å²) in [6.07, 6.45) is 9.45. The molecule has 0 unspecified atom stereocenters. The van der Waals surface area contributed by atoms with E-state index in [0.717, 1.165) is 19.6 Å². The Kier molecular flexibility index (Phi) is 4.86. The highest BCUT2D eigenvalue weighted by atomic mass is 15.3. The van der Waals surface area contributed by atoms with Crippen molar-refractivity contribution in [2.24, 2.45) is 0 Å². The van der Waals surface area contributed by atoms with E-state index >= 15 is 0 Å². The lowest BCUT2D eigenvalue weighted by Crippen LogP contribution is -2.68. The van der Waals surface area contributed by atoms with E-state index in [1.807, 2.05) is 12.5 Å². The summed E-state index contributed by atoms with van der Waals surface area (Å²) in [5.74, 6) is 0. The van der Waals surface area contributed by atoms with Crippen LogP contribution in [-0.4, -0.2) is 45.2 Å². The van der Waals surface area contributed by atoms with Crippen molar-refractivity contribution < 1.29 is 0 Å². The van der Waals surface area contributed by atoms with Gasteiger partial charge in [0.05, 0.1) is 6.33 Å². The number of nitrogens with one attached hydrogen (secondary N) is 1. The Balaban J connectivity index is 1.96. The lowest BCUT2D eigenvalue weighted by atomic mass is 9.84. The first-order chi connectivity index (χ1) is 9.51. The van der Waals surface area contributed by atoms with Crippen molar-refractivity contribution >= 4 is 0 Å². The third-order valence-electron chi connectivity index (χ3n) is 4.87.